The summed E-state index contributed by atoms with van der Waals surface area (Å²) in [5.41, 5.74) is 4.58. The molecule has 142 valence electrons. The van der Waals surface area contributed by atoms with Crippen molar-refractivity contribution < 1.29 is 9.90 Å². The molecule has 4 rings (SSSR count). The molecule has 27 heavy (non-hydrogen) atoms. The van der Waals surface area contributed by atoms with Gasteiger partial charge < -0.3 is 15.3 Å². The summed E-state index contributed by atoms with van der Waals surface area (Å²) in [7, 11) is 0. The van der Waals surface area contributed by atoms with Crippen LogP contribution in [-0.2, 0) is 5.60 Å². The van der Waals surface area contributed by atoms with Gasteiger partial charge in [0.05, 0.1) is 5.60 Å². The number of rotatable bonds is 2. The largest absolute Gasteiger partial charge is 0.385 e. The van der Waals surface area contributed by atoms with E-state index in [-0.39, 0.29) is 6.03 Å². The average Bonchev–Trinajstić information content (AvgIpc) is 3.13. The van der Waals surface area contributed by atoms with Gasteiger partial charge >= 0.3 is 6.03 Å². The van der Waals surface area contributed by atoms with Gasteiger partial charge in [0.25, 0.3) is 0 Å². The first-order valence-corrected chi connectivity index (χ1v) is 9.77. The zero-order valence-electron chi connectivity index (χ0n) is 16.3. The number of carbonyl (C=O) groups is 1. The Labute approximate surface area is 161 Å². The Kier molecular flexibility index (Phi) is 4.47. The Bertz CT molecular complexity index is 862. The van der Waals surface area contributed by atoms with Crippen LogP contribution in [0.25, 0.3) is 0 Å². The van der Waals surface area contributed by atoms with Crippen LogP contribution in [0.4, 0.5) is 10.5 Å². The number of carbonyl (C=O) groups excluding carboxylic acids is 1. The minimum atomic E-state index is -0.753. The number of fused-ring (bicyclic) bond motifs is 1. The molecule has 4 nitrogen and oxygen atoms in total. The Balaban J connectivity index is 1.42. The SMILES string of the molecule is Cc1ccc(NC(=O)N2CC3CC(O)(c4ccccc4C)CC3C2)c(C)c1. The van der Waals surface area contributed by atoms with E-state index in [2.05, 4.69) is 31.3 Å². The monoisotopic (exact) mass is 364 g/mol. The molecule has 0 aromatic heterocycles. The molecule has 1 aliphatic heterocycles. The maximum Gasteiger partial charge on any atom is 0.321 e. The van der Waals surface area contributed by atoms with Crippen LogP contribution in [0.3, 0.4) is 0 Å². The van der Waals surface area contributed by atoms with Crippen molar-refractivity contribution in [3.05, 3.63) is 64.7 Å². The lowest BCUT2D eigenvalue weighted by Crippen LogP contribution is -2.35. The zero-order valence-corrected chi connectivity index (χ0v) is 16.3. The second kappa shape index (κ2) is 6.68. The third-order valence-corrected chi connectivity index (χ3v) is 6.33. The van der Waals surface area contributed by atoms with E-state index in [0.29, 0.717) is 11.8 Å². The fraction of sp³-hybridized carbons (Fsp3) is 0.435. The van der Waals surface area contributed by atoms with Gasteiger partial charge in [0.1, 0.15) is 0 Å². The van der Waals surface area contributed by atoms with Crippen molar-refractivity contribution in [3.63, 3.8) is 0 Å². The van der Waals surface area contributed by atoms with Gasteiger partial charge in [-0.3, -0.25) is 0 Å². The minimum Gasteiger partial charge on any atom is -0.385 e. The van der Waals surface area contributed by atoms with Crippen molar-refractivity contribution in [1.29, 1.82) is 0 Å². The Morgan fingerprint density at radius 1 is 1.04 bits per heavy atom. The second-order valence-electron chi connectivity index (χ2n) is 8.43. The van der Waals surface area contributed by atoms with Crippen LogP contribution in [-0.4, -0.2) is 29.1 Å². The standard InChI is InChI=1S/C23H28N2O2/c1-15-8-9-21(17(3)10-15)24-22(26)25-13-18-11-23(27,12-19(18)14-25)20-7-5-4-6-16(20)2/h4-10,18-19,27H,11-14H2,1-3H3,(H,24,26). The van der Waals surface area contributed by atoms with Crippen molar-refractivity contribution in [2.45, 2.75) is 39.2 Å². The summed E-state index contributed by atoms with van der Waals surface area (Å²) in [6.45, 7) is 7.57. The third kappa shape index (κ3) is 3.34. The molecule has 1 aliphatic carbocycles. The highest BCUT2D eigenvalue weighted by Crippen LogP contribution is 2.49. The van der Waals surface area contributed by atoms with E-state index in [1.165, 1.54) is 5.56 Å². The van der Waals surface area contributed by atoms with Gasteiger partial charge in [0, 0.05) is 18.8 Å². The first kappa shape index (κ1) is 18.1. The number of hydrogen-bond acceptors (Lipinski definition) is 2. The lowest BCUT2D eigenvalue weighted by Gasteiger charge is -2.28. The molecule has 4 heteroatoms. The fourth-order valence-electron chi connectivity index (χ4n) is 4.98. The molecule has 2 atom stereocenters. The van der Waals surface area contributed by atoms with Crippen molar-refractivity contribution in [2.24, 2.45) is 11.8 Å². The van der Waals surface area contributed by atoms with Crippen molar-refractivity contribution in [2.75, 3.05) is 18.4 Å². The molecule has 2 amide bonds. The normalized spacial score (nSPS) is 26.9. The Morgan fingerprint density at radius 3 is 2.33 bits per heavy atom. The van der Waals surface area contributed by atoms with Crippen molar-refractivity contribution in [3.8, 4) is 0 Å². The molecular formula is C23H28N2O2. The maximum absolute atomic E-state index is 12.7. The predicted molar refractivity (Wildman–Crippen MR) is 108 cm³/mol. The van der Waals surface area contributed by atoms with Gasteiger partial charge in [-0.15, -0.1) is 0 Å². The molecule has 0 spiro atoms. The summed E-state index contributed by atoms with van der Waals surface area (Å²) in [6, 6.07) is 14.1. The summed E-state index contributed by atoms with van der Waals surface area (Å²) in [4.78, 5) is 14.6. The highest BCUT2D eigenvalue weighted by Gasteiger charge is 2.50. The number of anilines is 1. The van der Waals surface area contributed by atoms with Gasteiger partial charge in [-0.2, -0.15) is 0 Å². The van der Waals surface area contributed by atoms with Crippen LogP contribution >= 0.6 is 0 Å². The second-order valence-corrected chi connectivity index (χ2v) is 8.43. The average molecular weight is 364 g/mol. The summed E-state index contributed by atoms with van der Waals surface area (Å²) >= 11 is 0. The van der Waals surface area contributed by atoms with E-state index >= 15 is 0 Å². The zero-order chi connectivity index (χ0) is 19.2. The number of urea groups is 1. The maximum atomic E-state index is 12.7. The van der Waals surface area contributed by atoms with E-state index in [9.17, 15) is 9.90 Å². The lowest BCUT2D eigenvalue weighted by molar-refractivity contribution is 0.0322. The van der Waals surface area contributed by atoms with E-state index in [4.69, 9.17) is 0 Å². The smallest absolute Gasteiger partial charge is 0.321 e. The van der Waals surface area contributed by atoms with Crippen LogP contribution in [0.5, 0.6) is 0 Å². The van der Waals surface area contributed by atoms with E-state index in [1.54, 1.807) is 0 Å². The van der Waals surface area contributed by atoms with E-state index in [1.807, 2.05) is 42.2 Å². The number of nitrogens with zero attached hydrogens (tertiary/aromatic N) is 1. The molecule has 2 aromatic carbocycles. The molecule has 1 saturated carbocycles. The van der Waals surface area contributed by atoms with Crippen LogP contribution in [0, 0.1) is 32.6 Å². The number of likely N-dealkylation sites (tertiary alicyclic amines) is 1. The number of nitrogens with one attached hydrogen (secondary N) is 1. The molecule has 2 unspecified atom stereocenters. The highest BCUT2D eigenvalue weighted by atomic mass is 16.3. The number of aryl methyl sites for hydroxylation is 3. The first-order chi connectivity index (χ1) is 12.9. The molecule has 1 saturated heterocycles. The molecule has 0 radical (unpaired) electrons. The van der Waals surface area contributed by atoms with E-state index in [0.717, 1.165) is 48.3 Å². The van der Waals surface area contributed by atoms with Crippen molar-refractivity contribution in [1.82, 2.24) is 4.90 Å². The fourth-order valence-corrected chi connectivity index (χ4v) is 4.98. The summed E-state index contributed by atoms with van der Waals surface area (Å²) in [5.74, 6) is 0.721. The van der Waals surface area contributed by atoms with Crippen LogP contribution < -0.4 is 5.32 Å². The van der Waals surface area contributed by atoms with Crippen molar-refractivity contribution >= 4 is 11.7 Å². The Hall–Kier alpha value is -2.33. The molecule has 2 aromatic rings. The van der Waals surface area contributed by atoms with Gasteiger partial charge in [0.2, 0.25) is 0 Å². The quantitative estimate of drug-likeness (QED) is 0.831. The highest BCUT2D eigenvalue weighted by molar-refractivity contribution is 5.90. The van der Waals surface area contributed by atoms with Crippen LogP contribution in [0.15, 0.2) is 42.5 Å². The molecule has 2 N–H and O–H groups in total. The van der Waals surface area contributed by atoms with E-state index < -0.39 is 5.60 Å². The number of aliphatic hydroxyl groups is 1. The summed E-state index contributed by atoms with van der Waals surface area (Å²) < 4.78 is 0. The Morgan fingerprint density at radius 2 is 1.70 bits per heavy atom. The summed E-state index contributed by atoms with van der Waals surface area (Å²) in [6.07, 6.45) is 1.46. The number of hydrogen-bond donors (Lipinski definition) is 2. The van der Waals surface area contributed by atoms with Gasteiger partial charge in [0.15, 0.2) is 0 Å². The van der Waals surface area contributed by atoms with Crippen LogP contribution in [0.1, 0.15) is 35.1 Å². The topological polar surface area (TPSA) is 52.6 Å². The molecular weight excluding hydrogens is 336 g/mol. The minimum absolute atomic E-state index is 0.0317. The van der Waals surface area contributed by atoms with Gasteiger partial charge in [-0.05, 0) is 68.2 Å². The van der Waals surface area contributed by atoms with Gasteiger partial charge in [-0.25, -0.2) is 4.79 Å². The molecule has 0 bridgehead atoms. The number of benzene rings is 2. The molecule has 2 fully saturated rings. The molecule has 1 heterocycles. The predicted octanol–water partition coefficient (Wildman–Crippen LogP) is 4.37. The summed E-state index contributed by atoms with van der Waals surface area (Å²) in [5, 5.41) is 14.3. The van der Waals surface area contributed by atoms with Gasteiger partial charge in [-0.1, -0.05) is 42.0 Å². The lowest BCUT2D eigenvalue weighted by atomic mass is 9.87. The molecule has 2 aliphatic rings. The number of amides is 2. The van der Waals surface area contributed by atoms with Crippen LogP contribution in [0.2, 0.25) is 0 Å². The third-order valence-electron chi connectivity index (χ3n) is 6.33. The first-order valence-electron chi connectivity index (χ1n) is 9.77.